The van der Waals surface area contributed by atoms with Gasteiger partial charge in [0.15, 0.2) is 0 Å². The number of hydrogen-bond donors (Lipinski definition) is 0. The van der Waals surface area contributed by atoms with Crippen molar-refractivity contribution < 1.29 is 0 Å². The summed E-state index contributed by atoms with van der Waals surface area (Å²) in [4.78, 5) is 4.72. The predicted octanol–water partition coefficient (Wildman–Crippen LogP) is 10.00. The highest BCUT2D eigenvalue weighted by Gasteiger charge is 2.15. The van der Waals surface area contributed by atoms with Gasteiger partial charge >= 0.3 is 0 Å². The molecular formula is C28H54N2. The van der Waals surface area contributed by atoms with Gasteiger partial charge in [-0.15, -0.1) is 0 Å². The van der Waals surface area contributed by atoms with Crippen LogP contribution in [0.15, 0.2) is 12.4 Å². The van der Waals surface area contributed by atoms with E-state index in [1.54, 1.807) is 0 Å². The normalized spacial score (nSPS) is 13.6. The summed E-state index contributed by atoms with van der Waals surface area (Å²) in [7, 11) is 0. The average Bonchev–Trinajstić information content (AvgIpc) is 3.24. The highest BCUT2D eigenvalue weighted by atomic mass is 15.1. The van der Waals surface area contributed by atoms with Crippen molar-refractivity contribution in [1.29, 1.82) is 0 Å². The lowest BCUT2D eigenvalue weighted by molar-refractivity contribution is 0.436. The first-order chi connectivity index (χ1) is 14.7. The van der Waals surface area contributed by atoms with E-state index in [0.29, 0.717) is 12.0 Å². The summed E-state index contributed by atoms with van der Waals surface area (Å²) in [6.45, 7) is 9.34. The quantitative estimate of drug-likeness (QED) is 0.182. The van der Waals surface area contributed by atoms with Crippen LogP contribution in [0.5, 0.6) is 0 Å². The minimum Gasteiger partial charge on any atom is -0.332 e. The number of rotatable bonds is 21. The number of nitrogens with zero attached hydrogens (tertiary/aromatic N) is 2. The monoisotopic (exact) mass is 418 g/mol. The van der Waals surface area contributed by atoms with Crippen molar-refractivity contribution >= 4 is 0 Å². The Hall–Kier alpha value is -0.790. The maximum Gasteiger partial charge on any atom is 0.111 e. The van der Waals surface area contributed by atoms with E-state index >= 15 is 0 Å². The molecule has 1 aromatic heterocycles. The van der Waals surface area contributed by atoms with Crippen molar-refractivity contribution in [3.63, 3.8) is 0 Å². The Kier molecular flexibility index (Phi) is 17.2. The molecule has 1 rings (SSSR count). The van der Waals surface area contributed by atoms with Crippen molar-refractivity contribution in [3.8, 4) is 0 Å². The minimum absolute atomic E-state index is 0.589. The molecule has 0 spiro atoms. The van der Waals surface area contributed by atoms with Crippen LogP contribution in [-0.4, -0.2) is 9.55 Å². The van der Waals surface area contributed by atoms with Crippen molar-refractivity contribution in [3.05, 3.63) is 18.2 Å². The lowest BCUT2D eigenvalue weighted by Gasteiger charge is -2.20. The second-order valence-corrected chi connectivity index (χ2v) is 9.82. The fourth-order valence-electron chi connectivity index (χ4n) is 4.68. The van der Waals surface area contributed by atoms with Crippen molar-refractivity contribution in [2.45, 2.75) is 162 Å². The third kappa shape index (κ3) is 12.8. The highest BCUT2D eigenvalue weighted by molar-refractivity contribution is 5.00. The van der Waals surface area contributed by atoms with Crippen LogP contribution >= 0.6 is 0 Å². The summed E-state index contributed by atoms with van der Waals surface area (Å²) in [6.07, 6.45) is 30.8. The van der Waals surface area contributed by atoms with Gasteiger partial charge in [-0.05, 0) is 19.8 Å². The Morgan fingerprint density at radius 1 is 0.633 bits per heavy atom. The zero-order valence-electron chi connectivity index (χ0n) is 21.1. The second-order valence-electron chi connectivity index (χ2n) is 9.82. The first-order valence-corrected chi connectivity index (χ1v) is 13.7. The van der Waals surface area contributed by atoms with E-state index in [0.717, 1.165) is 0 Å². The average molecular weight is 419 g/mol. The molecule has 2 unspecified atom stereocenters. The molecule has 1 aromatic rings. The summed E-state index contributed by atoms with van der Waals surface area (Å²) in [5, 5.41) is 0. The topological polar surface area (TPSA) is 17.8 Å². The maximum atomic E-state index is 4.72. The lowest BCUT2D eigenvalue weighted by Crippen LogP contribution is -2.11. The van der Waals surface area contributed by atoms with E-state index in [1.807, 2.05) is 6.20 Å². The van der Waals surface area contributed by atoms with Crippen LogP contribution in [0.4, 0.5) is 0 Å². The Labute approximate surface area is 189 Å². The molecule has 0 aromatic carbocycles. The molecule has 0 aliphatic heterocycles. The minimum atomic E-state index is 0.589. The van der Waals surface area contributed by atoms with Crippen LogP contribution in [0.1, 0.15) is 167 Å². The first kappa shape index (κ1) is 27.2. The van der Waals surface area contributed by atoms with Crippen LogP contribution < -0.4 is 0 Å². The largest absolute Gasteiger partial charge is 0.332 e. The van der Waals surface area contributed by atoms with E-state index in [2.05, 4.69) is 38.5 Å². The van der Waals surface area contributed by atoms with Crippen molar-refractivity contribution in [1.82, 2.24) is 9.55 Å². The number of imidazole rings is 1. The molecule has 30 heavy (non-hydrogen) atoms. The Bertz CT molecular complexity index is 479. The van der Waals surface area contributed by atoms with Crippen molar-refractivity contribution in [2.24, 2.45) is 0 Å². The first-order valence-electron chi connectivity index (χ1n) is 13.7. The molecule has 0 saturated heterocycles. The lowest BCUT2D eigenvalue weighted by atomic mass is 10.0. The molecule has 2 nitrogen and oxygen atoms in total. The molecule has 0 fully saturated rings. The molecule has 0 bridgehead atoms. The van der Waals surface area contributed by atoms with Gasteiger partial charge in [-0.25, -0.2) is 4.98 Å². The van der Waals surface area contributed by atoms with Gasteiger partial charge in [0, 0.05) is 24.4 Å². The second kappa shape index (κ2) is 18.9. The van der Waals surface area contributed by atoms with Crippen molar-refractivity contribution in [2.75, 3.05) is 0 Å². The Morgan fingerprint density at radius 3 is 1.57 bits per heavy atom. The molecule has 0 aliphatic rings. The summed E-state index contributed by atoms with van der Waals surface area (Å²) in [6, 6.07) is 0.591. The van der Waals surface area contributed by atoms with E-state index in [1.165, 1.54) is 128 Å². The van der Waals surface area contributed by atoms with Gasteiger partial charge < -0.3 is 4.57 Å². The van der Waals surface area contributed by atoms with Crippen LogP contribution in [0.3, 0.4) is 0 Å². The van der Waals surface area contributed by atoms with Gasteiger partial charge in [0.2, 0.25) is 0 Å². The van der Waals surface area contributed by atoms with Crippen LogP contribution in [0, 0.1) is 0 Å². The summed E-state index contributed by atoms with van der Waals surface area (Å²) in [5.41, 5.74) is 0. The molecular weight excluding hydrogens is 364 g/mol. The van der Waals surface area contributed by atoms with E-state index in [9.17, 15) is 0 Å². The van der Waals surface area contributed by atoms with Crippen LogP contribution in [0.2, 0.25) is 0 Å². The summed E-state index contributed by atoms with van der Waals surface area (Å²) >= 11 is 0. The van der Waals surface area contributed by atoms with Gasteiger partial charge in [-0.1, -0.05) is 130 Å². The zero-order chi connectivity index (χ0) is 21.9. The predicted molar refractivity (Wildman–Crippen MR) is 134 cm³/mol. The third-order valence-electron chi connectivity index (χ3n) is 6.83. The van der Waals surface area contributed by atoms with E-state index in [4.69, 9.17) is 4.98 Å². The molecule has 0 aliphatic carbocycles. The third-order valence-corrected chi connectivity index (χ3v) is 6.83. The molecule has 0 N–H and O–H groups in total. The zero-order valence-corrected chi connectivity index (χ0v) is 21.1. The van der Waals surface area contributed by atoms with E-state index in [-0.39, 0.29) is 0 Å². The Morgan fingerprint density at radius 2 is 1.07 bits per heavy atom. The standard InChI is InChI=1S/C28H54N2/c1-5-7-9-11-12-13-14-15-16-17-19-21-23-27(4)30-25-24-29-28(30)26(3)22-20-18-10-8-6-2/h24-27H,5-23H2,1-4H3. The molecule has 2 heteroatoms. The van der Waals surface area contributed by atoms with Crippen LogP contribution in [0.25, 0.3) is 0 Å². The van der Waals surface area contributed by atoms with Gasteiger partial charge in [0.05, 0.1) is 0 Å². The smallest absolute Gasteiger partial charge is 0.111 e. The highest BCUT2D eigenvalue weighted by Crippen LogP contribution is 2.26. The Balaban J connectivity index is 2.09. The van der Waals surface area contributed by atoms with Gasteiger partial charge in [-0.3, -0.25) is 0 Å². The van der Waals surface area contributed by atoms with Gasteiger partial charge in [0.25, 0.3) is 0 Å². The fraction of sp³-hybridized carbons (Fsp3) is 0.893. The number of aromatic nitrogens is 2. The molecule has 2 atom stereocenters. The molecule has 0 radical (unpaired) electrons. The molecule has 0 amide bonds. The number of unbranched alkanes of at least 4 members (excludes halogenated alkanes) is 15. The molecule has 0 saturated carbocycles. The SMILES string of the molecule is CCCCCCCCCCCCCCC(C)n1ccnc1C(C)CCCCCCC. The van der Waals surface area contributed by atoms with Gasteiger partial charge in [0.1, 0.15) is 5.82 Å². The summed E-state index contributed by atoms with van der Waals surface area (Å²) < 4.78 is 2.47. The fourth-order valence-corrected chi connectivity index (χ4v) is 4.68. The van der Waals surface area contributed by atoms with Crippen LogP contribution in [-0.2, 0) is 0 Å². The molecule has 1 heterocycles. The number of hydrogen-bond acceptors (Lipinski definition) is 1. The summed E-state index contributed by atoms with van der Waals surface area (Å²) in [5.74, 6) is 1.91. The molecule has 176 valence electrons. The maximum absolute atomic E-state index is 4.72. The van der Waals surface area contributed by atoms with Gasteiger partial charge in [-0.2, -0.15) is 0 Å². The van der Waals surface area contributed by atoms with E-state index < -0.39 is 0 Å².